The Balaban J connectivity index is 2.64. The molecule has 1 aliphatic heterocycles. The molecule has 0 radical (unpaired) electrons. The second kappa shape index (κ2) is 12.8. The number of aliphatic carboxylic acids is 1. The average Bonchev–Trinajstić information content (AvgIpc) is 3.18. The van der Waals surface area contributed by atoms with Gasteiger partial charge in [0.25, 0.3) is 0 Å². The molecule has 0 aromatic heterocycles. The summed E-state index contributed by atoms with van der Waals surface area (Å²) >= 11 is 0. The summed E-state index contributed by atoms with van der Waals surface area (Å²) in [4.78, 5) is 54.5. The Morgan fingerprint density at radius 2 is 1.81 bits per heavy atom. The molecule has 4 atom stereocenters. The van der Waals surface area contributed by atoms with Crippen molar-refractivity contribution in [1.29, 1.82) is 0 Å². The minimum Gasteiger partial charge on any atom is -0.480 e. The number of aliphatic imine (C=N–C) groups is 1. The van der Waals surface area contributed by atoms with Gasteiger partial charge in [0, 0.05) is 13.1 Å². The van der Waals surface area contributed by atoms with E-state index in [1.165, 1.54) is 11.8 Å². The van der Waals surface area contributed by atoms with Gasteiger partial charge in [-0.15, -0.1) is 0 Å². The fourth-order valence-corrected chi connectivity index (χ4v) is 3.56. The third-order valence-corrected chi connectivity index (χ3v) is 5.19. The molecule has 182 valence electrons. The Labute approximate surface area is 188 Å². The highest BCUT2D eigenvalue weighted by Gasteiger charge is 2.37. The van der Waals surface area contributed by atoms with Crippen molar-refractivity contribution in [3.05, 3.63) is 0 Å². The minimum absolute atomic E-state index is 0.0955. The van der Waals surface area contributed by atoms with Crippen molar-refractivity contribution in [2.45, 2.75) is 77.0 Å². The standard InChI is InChI=1S/C20H37N7O5/c1-11(2)10-13(21)18(30)27-9-5-7-15(27)17(29)25-12(3)16(28)26-14(19(31)32)6-4-8-24-20(22)23/h11-15H,4-10,21H2,1-3H3,(H,25,29)(H,26,28)(H,31,32)(H4,22,23,24). The predicted octanol–water partition coefficient (Wildman–Crippen LogP) is -1.52. The van der Waals surface area contributed by atoms with E-state index >= 15 is 0 Å². The predicted molar refractivity (Wildman–Crippen MR) is 119 cm³/mol. The molecule has 1 heterocycles. The van der Waals surface area contributed by atoms with Crippen LogP contribution < -0.4 is 27.8 Å². The number of carbonyl (C=O) groups is 4. The van der Waals surface area contributed by atoms with E-state index in [-0.39, 0.29) is 30.8 Å². The molecule has 9 N–H and O–H groups in total. The molecule has 4 unspecified atom stereocenters. The molecule has 12 nitrogen and oxygen atoms in total. The lowest BCUT2D eigenvalue weighted by Gasteiger charge is -2.28. The van der Waals surface area contributed by atoms with E-state index in [1.807, 2.05) is 13.8 Å². The van der Waals surface area contributed by atoms with Gasteiger partial charge >= 0.3 is 5.97 Å². The van der Waals surface area contributed by atoms with Gasteiger partial charge in [0.05, 0.1) is 6.04 Å². The minimum atomic E-state index is -1.20. The molecule has 0 aromatic rings. The number of amides is 3. The number of rotatable bonds is 12. The molecule has 1 fully saturated rings. The summed E-state index contributed by atoms with van der Waals surface area (Å²) in [7, 11) is 0. The number of hydrogen-bond donors (Lipinski definition) is 6. The zero-order chi connectivity index (χ0) is 24.4. The number of guanidine groups is 1. The van der Waals surface area contributed by atoms with Crippen molar-refractivity contribution in [2.75, 3.05) is 13.1 Å². The van der Waals surface area contributed by atoms with Crippen LogP contribution in [-0.2, 0) is 19.2 Å². The first kappa shape index (κ1) is 27.1. The summed E-state index contributed by atoms with van der Waals surface area (Å²) in [5, 5.41) is 14.3. The van der Waals surface area contributed by atoms with Crippen molar-refractivity contribution in [2.24, 2.45) is 28.1 Å². The van der Waals surface area contributed by atoms with E-state index < -0.39 is 42.0 Å². The van der Waals surface area contributed by atoms with Crippen molar-refractivity contribution in [1.82, 2.24) is 15.5 Å². The second-order valence-corrected chi connectivity index (χ2v) is 8.50. The van der Waals surface area contributed by atoms with Crippen LogP contribution in [0.15, 0.2) is 4.99 Å². The molecule has 0 saturated carbocycles. The van der Waals surface area contributed by atoms with Gasteiger partial charge < -0.3 is 37.8 Å². The number of nitrogens with one attached hydrogen (secondary N) is 2. The number of carboxylic acids is 1. The van der Waals surface area contributed by atoms with Crippen LogP contribution in [0.5, 0.6) is 0 Å². The zero-order valence-electron chi connectivity index (χ0n) is 19.0. The Kier molecular flexibility index (Phi) is 10.9. The third-order valence-electron chi connectivity index (χ3n) is 5.19. The third kappa shape index (κ3) is 8.69. The lowest BCUT2D eigenvalue weighted by molar-refractivity contribution is -0.143. The van der Waals surface area contributed by atoms with E-state index in [2.05, 4.69) is 15.6 Å². The van der Waals surface area contributed by atoms with E-state index in [9.17, 15) is 24.3 Å². The van der Waals surface area contributed by atoms with Gasteiger partial charge in [-0.3, -0.25) is 19.4 Å². The molecule has 0 aliphatic carbocycles. The number of likely N-dealkylation sites (tertiary alicyclic amines) is 1. The maximum Gasteiger partial charge on any atom is 0.326 e. The van der Waals surface area contributed by atoms with Gasteiger partial charge in [0.1, 0.15) is 18.1 Å². The maximum atomic E-state index is 12.7. The molecule has 0 spiro atoms. The van der Waals surface area contributed by atoms with Crippen LogP contribution in [0.3, 0.4) is 0 Å². The number of hydrogen-bond acceptors (Lipinski definition) is 6. The van der Waals surface area contributed by atoms with Gasteiger partial charge in [-0.25, -0.2) is 4.79 Å². The van der Waals surface area contributed by atoms with Crippen LogP contribution in [0.4, 0.5) is 0 Å². The van der Waals surface area contributed by atoms with Gasteiger partial charge in [-0.05, 0) is 44.9 Å². The molecule has 0 bridgehead atoms. The summed E-state index contributed by atoms with van der Waals surface area (Å²) in [5.41, 5.74) is 16.4. The summed E-state index contributed by atoms with van der Waals surface area (Å²) in [5.74, 6) is -2.43. The monoisotopic (exact) mass is 455 g/mol. The summed E-state index contributed by atoms with van der Waals surface area (Å²) < 4.78 is 0. The number of nitrogens with two attached hydrogens (primary N) is 3. The fraction of sp³-hybridized carbons (Fsp3) is 0.750. The molecule has 12 heteroatoms. The SMILES string of the molecule is CC(C)CC(N)C(=O)N1CCCC1C(=O)NC(C)C(=O)NC(CCCN=C(N)N)C(=O)O. The first-order chi connectivity index (χ1) is 14.9. The highest BCUT2D eigenvalue weighted by Crippen LogP contribution is 2.20. The summed E-state index contributed by atoms with van der Waals surface area (Å²) in [6.07, 6.45) is 2.13. The zero-order valence-corrected chi connectivity index (χ0v) is 19.0. The maximum absolute atomic E-state index is 12.7. The van der Waals surface area contributed by atoms with Crippen LogP contribution in [0.25, 0.3) is 0 Å². The van der Waals surface area contributed by atoms with Crippen LogP contribution in [0.2, 0.25) is 0 Å². The van der Waals surface area contributed by atoms with Crippen LogP contribution in [0.1, 0.15) is 52.9 Å². The first-order valence-corrected chi connectivity index (χ1v) is 10.9. The molecule has 32 heavy (non-hydrogen) atoms. The van der Waals surface area contributed by atoms with Gasteiger partial charge in [-0.2, -0.15) is 0 Å². The molecule has 1 aliphatic rings. The van der Waals surface area contributed by atoms with Gasteiger partial charge in [0.2, 0.25) is 17.7 Å². The topological polar surface area (TPSA) is 206 Å². The van der Waals surface area contributed by atoms with Gasteiger partial charge in [0.15, 0.2) is 5.96 Å². The lowest BCUT2D eigenvalue weighted by atomic mass is 10.0. The van der Waals surface area contributed by atoms with E-state index in [0.29, 0.717) is 32.2 Å². The molecular weight excluding hydrogens is 418 g/mol. The van der Waals surface area contributed by atoms with E-state index in [1.54, 1.807) is 0 Å². The summed E-state index contributed by atoms with van der Waals surface area (Å²) in [6, 6.07) is -3.51. The Morgan fingerprint density at radius 3 is 2.38 bits per heavy atom. The molecular formula is C20H37N7O5. The van der Waals surface area contributed by atoms with Crippen LogP contribution >= 0.6 is 0 Å². The fourth-order valence-electron chi connectivity index (χ4n) is 3.56. The van der Waals surface area contributed by atoms with Crippen molar-refractivity contribution >= 4 is 29.7 Å². The molecule has 1 saturated heterocycles. The number of nitrogens with zero attached hydrogens (tertiary/aromatic N) is 2. The molecule has 3 amide bonds. The van der Waals surface area contributed by atoms with Crippen LogP contribution in [-0.4, -0.2) is 76.9 Å². The Hall–Kier alpha value is -2.89. The lowest BCUT2D eigenvalue weighted by Crippen LogP contribution is -2.55. The van der Waals surface area contributed by atoms with E-state index in [4.69, 9.17) is 17.2 Å². The summed E-state index contributed by atoms with van der Waals surface area (Å²) in [6.45, 7) is 6.05. The quantitative estimate of drug-likeness (QED) is 0.115. The highest BCUT2D eigenvalue weighted by atomic mass is 16.4. The van der Waals surface area contributed by atoms with Crippen molar-refractivity contribution in [3.8, 4) is 0 Å². The molecule has 1 rings (SSSR count). The smallest absolute Gasteiger partial charge is 0.326 e. The highest BCUT2D eigenvalue weighted by molar-refractivity contribution is 5.94. The van der Waals surface area contributed by atoms with E-state index in [0.717, 1.165) is 0 Å². The average molecular weight is 456 g/mol. The molecule has 0 aromatic carbocycles. The van der Waals surface area contributed by atoms with Crippen molar-refractivity contribution < 1.29 is 24.3 Å². The second-order valence-electron chi connectivity index (χ2n) is 8.50. The number of carboxylic acid groups (broad SMARTS) is 1. The van der Waals surface area contributed by atoms with Crippen molar-refractivity contribution in [3.63, 3.8) is 0 Å². The Bertz CT molecular complexity index is 708. The largest absolute Gasteiger partial charge is 0.480 e. The van der Waals surface area contributed by atoms with Crippen LogP contribution in [0, 0.1) is 5.92 Å². The Morgan fingerprint density at radius 1 is 1.16 bits per heavy atom. The van der Waals surface area contributed by atoms with Gasteiger partial charge in [-0.1, -0.05) is 13.8 Å². The first-order valence-electron chi connectivity index (χ1n) is 10.9. The normalized spacial score (nSPS) is 18.5. The number of carbonyl (C=O) groups excluding carboxylic acids is 3.